The van der Waals surface area contributed by atoms with Gasteiger partial charge in [0.1, 0.15) is 0 Å². The van der Waals surface area contributed by atoms with Gasteiger partial charge in [0.2, 0.25) is 5.91 Å². The van der Waals surface area contributed by atoms with E-state index in [1.165, 1.54) is 0 Å². The van der Waals surface area contributed by atoms with Crippen LogP contribution in [0.2, 0.25) is 0 Å². The largest absolute Gasteiger partial charge is 0.398 e. The third-order valence-electron chi connectivity index (χ3n) is 4.25. The van der Waals surface area contributed by atoms with E-state index < -0.39 is 0 Å². The number of benzene rings is 1. The van der Waals surface area contributed by atoms with Crippen molar-refractivity contribution in [2.45, 2.75) is 25.8 Å². The van der Waals surface area contributed by atoms with Gasteiger partial charge < -0.3 is 16.0 Å². The third kappa shape index (κ3) is 2.10. The number of piperidine rings is 1. The number of aryl methyl sites for hydroxylation is 1. The van der Waals surface area contributed by atoms with Gasteiger partial charge in [-0.15, -0.1) is 0 Å². The summed E-state index contributed by atoms with van der Waals surface area (Å²) in [7, 11) is 0. The first-order valence-electron chi connectivity index (χ1n) is 6.68. The first kappa shape index (κ1) is 12.8. The normalized spacial score (nSPS) is 26.2. The molecule has 1 amide bonds. The Kier molecular flexibility index (Phi) is 3.17. The van der Waals surface area contributed by atoms with Gasteiger partial charge in [0, 0.05) is 23.2 Å². The summed E-state index contributed by atoms with van der Waals surface area (Å²) in [6.45, 7) is 3.77. The maximum Gasteiger partial charge on any atom is 0.225 e. The van der Waals surface area contributed by atoms with E-state index in [2.05, 4.69) is 32.2 Å². The number of fused-ring (bicyclic) bond motifs is 1. The van der Waals surface area contributed by atoms with Crippen molar-refractivity contribution in [2.75, 3.05) is 23.7 Å². The van der Waals surface area contributed by atoms with Gasteiger partial charge in [-0.2, -0.15) is 0 Å². The first-order chi connectivity index (χ1) is 9.08. The fourth-order valence-electron chi connectivity index (χ4n) is 3.15. The lowest BCUT2D eigenvalue weighted by Gasteiger charge is -2.38. The fraction of sp³-hybridized carbons (Fsp3) is 0.500. The number of nitrogen functional groups attached to an aromatic ring is 1. The van der Waals surface area contributed by atoms with Crippen LogP contribution in [0, 0.1) is 12.8 Å². The van der Waals surface area contributed by atoms with Crippen molar-refractivity contribution in [1.29, 1.82) is 0 Å². The molecular formula is C14H18BrN3O. The van der Waals surface area contributed by atoms with Gasteiger partial charge in [0.15, 0.2) is 0 Å². The molecule has 0 aliphatic carbocycles. The second kappa shape index (κ2) is 4.71. The van der Waals surface area contributed by atoms with Crippen LogP contribution in [-0.2, 0) is 4.79 Å². The summed E-state index contributed by atoms with van der Waals surface area (Å²) in [5.74, 6) is 0.344. The van der Waals surface area contributed by atoms with Gasteiger partial charge >= 0.3 is 0 Å². The Morgan fingerprint density at radius 2 is 2.26 bits per heavy atom. The Labute approximate surface area is 121 Å². The van der Waals surface area contributed by atoms with E-state index in [0.29, 0.717) is 0 Å². The monoisotopic (exact) mass is 323 g/mol. The Balaban J connectivity index is 1.97. The standard InChI is InChI=1S/C14H18BrN3O/c1-8-5-12(10(15)6-11(8)16)18-4-2-3-9-13(18)7-17-14(9)19/h5-6,9,13H,2-4,7,16H2,1H3,(H,17,19). The lowest BCUT2D eigenvalue weighted by Crippen LogP contribution is -2.45. The van der Waals surface area contributed by atoms with Crippen molar-refractivity contribution in [1.82, 2.24) is 5.32 Å². The minimum atomic E-state index is 0.138. The highest BCUT2D eigenvalue weighted by Gasteiger charge is 2.41. The Bertz CT molecular complexity index is 532. The van der Waals surface area contributed by atoms with Crippen LogP contribution in [0.1, 0.15) is 18.4 Å². The Hall–Kier alpha value is -1.23. The van der Waals surface area contributed by atoms with Crippen LogP contribution in [0.5, 0.6) is 0 Å². The molecule has 2 fully saturated rings. The summed E-state index contributed by atoms with van der Waals surface area (Å²) in [6.07, 6.45) is 2.06. The molecule has 2 saturated heterocycles. The van der Waals surface area contributed by atoms with E-state index in [1.807, 2.05) is 13.0 Å². The zero-order chi connectivity index (χ0) is 13.6. The molecule has 3 N–H and O–H groups in total. The van der Waals surface area contributed by atoms with Crippen LogP contribution in [0.4, 0.5) is 11.4 Å². The van der Waals surface area contributed by atoms with E-state index >= 15 is 0 Å². The van der Waals surface area contributed by atoms with Crippen molar-refractivity contribution >= 4 is 33.2 Å². The molecule has 0 saturated carbocycles. The minimum Gasteiger partial charge on any atom is -0.398 e. The Morgan fingerprint density at radius 1 is 1.47 bits per heavy atom. The molecule has 2 unspecified atom stereocenters. The number of nitrogens with two attached hydrogens (primary N) is 1. The van der Waals surface area contributed by atoms with Crippen LogP contribution in [0.15, 0.2) is 16.6 Å². The summed E-state index contributed by atoms with van der Waals surface area (Å²) in [5, 5.41) is 2.99. The SMILES string of the molecule is Cc1cc(N2CCCC3C(=O)NCC32)c(Br)cc1N. The molecule has 0 aromatic heterocycles. The average molecular weight is 324 g/mol. The van der Waals surface area contributed by atoms with Crippen LogP contribution in [0.25, 0.3) is 0 Å². The third-order valence-corrected chi connectivity index (χ3v) is 4.88. The van der Waals surface area contributed by atoms with E-state index in [4.69, 9.17) is 5.73 Å². The van der Waals surface area contributed by atoms with Crippen LogP contribution in [-0.4, -0.2) is 25.0 Å². The van der Waals surface area contributed by atoms with Gasteiger partial charge in [0.05, 0.1) is 17.6 Å². The zero-order valence-corrected chi connectivity index (χ0v) is 12.5. The van der Waals surface area contributed by atoms with Crippen molar-refractivity contribution in [3.05, 3.63) is 22.2 Å². The summed E-state index contributed by atoms with van der Waals surface area (Å²) < 4.78 is 1.01. The molecule has 1 aromatic rings. The molecule has 1 aromatic carbocycles. The molecule has 0 radical (unpaired) electrons. The zero-order valence-electron chi connectivity index (χ0n) is 10.9. The lowest BCUT2D eigenvalue weighted by atomic mass is 9.91. The second-order valence-electron chi connectivity index (χ2n) is 5.41. The van der Waals surface area contributed by atoms with E-state index in [9.17, 15) is 4.79 Å². The summed E-state index contributed by atoms with van der Waals surface area (Å²) >= 11 is 3.60. The molecule has 2 atom stereocenters. The number of anilines is 2. The maximum absolute atomic E-state index is 11.8. The molecule has 2 aliphatic heterocycles. The van der Waals surface area contributed by atoms with Crippen LogP contribution < -0.4 is 16.0 Å². The number of halogens is 1. The molecule has 3 rings (SSSR count). The summed E-state index contributed by atoms with van der Waals surface area (Å²) in [5.41, 5.74) is 8.96. The molecule has 0 bridgehead atoms. The number of carbonyl (C=O) groups is 1. The number of amides is 1. The maximum atomic E-state index is 11.8. The number of rotatable bonds is 1. The molecule has 102 valence electrons. The second-order valence-corrected chi connectivity index (χ2v) is 6.27. The van der Waals surface area contributed by atoms with Gasteiger partial charge in [-0.25, -0.2) is 0 Å². The van der Waals surface area contributed by atoms with Crippen LogP contribution >= 0.6 is 15.9 Å². The van der Waals surface area contributed by atoms with Gasteiger partial charge in [-0.1, -0.05) is 0 Å². The highest BCUT2D eigenvalue weighted by Crippen LogP contribution is 2.37. The van der Waals surface area contributed by atoms with Crippen molar-refractivity contribution in [3.63, 3.8) is 0 Å². The molecule has 2 aliphatic rings. The predicted octanol–water partition coefficient (Wildman–Crippen LogP) is 2.05. The van der Waals surface area contributed by atoms with Crippen molar-refractivity contribution in [3.8, 4) is 0 Å². The number of carbonyl (C=O) groups excluding carboxylic acids is 1. The predicted molar refractivity (Wildman–Crippen MR) is 80.2 cm³/mol. The lowest BCUT2D eigenvalue weighted by molar-refractivity contribution is -0.122. The molecule has 4 nitrogen and oxygen atoms in total. The fourth-order valence-corrected chi connectivity index (χ4v) is 3.74. The summed E-state index contributed by atoms with van der Waals surface area (Å²) in [4.78, 5) is 14.2. The molecule has 2 heterocycles. The number of hydrogen-bond donors (Lipinski definition) is 2. The molecular weight excluding hydrogens is 306 g/mol. The van der Waals surface area contributed by atoms with E-state index in [-0.39, 0.29) is 17.9 Å². The van der Waals surface area contributed by atoms with E-state index in [0.717, 1.165) is 47.3 Å². The summed E-state index contributed by atoms with van der Waals surface area (Å²) in [6, 6.07) is 4.35. The number of nitrogens with one attached hydrogen (secondary N) is 1. The van der Waals surface area contributed by atoms with Crippen molar-refractivity contribution in [2.24, 2.45) is 5.92 Å². The van der Waals surface area contributed by atoms with Crippen molar-refractivity contribution < 1.29 is 4.79 Å². The Morgan fingerprint density at radius 3 is 3.05 bits per heavy atom. The highest BCUT2D eigenvalue weighted by atomic mass is 79.9. The van der Waals surface area contributed by atoms with Gasteiger partial charge in [-0.05, 0) is 53.4 Å². The van der Waals surface area contributed by atoms with Gasteiger partial charge in [0.25, 0.3) is 0 Å². The smallest absolute Gasteiger partial charge is 0.225 e. The number of hydrogen-bond acceptors (Lipinski definition) is 3. The molecule has 19 heavy (non-hydrogen) atoms. The molecule has 5 heteroatoms. The van der Waals surface area contributed by atoms with Gasteiger partial charge in [-0.3, -0.25) is 4.79 Å². The number of nitrogens with zero attached hydrogens (tertiary/aromatic N) is 1. The quantitative estimate of drug-likeness (QED) is 0.778. The molecule has 0 spiro atoms. The minimum absolute atomic E-state index is 0.138. The average Bonchev–Trinajstić information content (AvgIpc) is 2.76. The topological polar surface area (TPSA) is 58.4 Å². The highest BCUT2D eigenvalue weighted by molar-refractivity contribution is 9.10. The first-order valence-corrected chi connectivity index (χ1v) is 7.47. The van der Waals surface area contributed by atoms with Crippen LogP contribution in [0.3, 0.4) is 0 Å². The van der Waals surface area contributed by atoms with E-state index in [1.54, 1.807) is 0 Å².